The fraction of sp³-hybridized carbons (Fsp3) is 0.412. The maximum atomic E-state index is 11.9. The number of allylic oxidation sites excluding steroid dienone is 1. The Kier molecular flexibility index (Phi) is 6.52. The monoisotopic (exact) mass is 318 g/mol. The van der Waals surface area contributed by atoms with Crippen LogP contribution in [0.15, 0.2) is 40.8 Å². The number of hydrogen-bond donors (Lipinski definition) is 2. The molecule has 0 fully saturated rings. The first-order valence-electron chi connectivity index (χ1n) is 7.61. The molecule has 118 valence electrons. The summed E-state index contributed by atoms with van der Waals surface area (Å²) in [6.07, 6.45) is 9.76. The van der Waals surface area contributed by atoms with Crippen molar-refractivity contribution < 1.29 is 9.59 Å². The predicted octanol–water partition coefficient (Wildman–Crippen LogP) is 3.35. The average Bonchev–Trinajstić information content (AvgIpc) is 2.56. The molecule has 0 atom stereocenters. The summed E-state index contributed by atoms with van der Waals surface area (Å²) < 4.78 is 0. The van der Waals surface area contributed by atoms with Crippen molar-refractivity contribution in [3.05, 3.63) is 35.9 Å². The summed E-state index contributed by atoms with van der Waals surface area (Å²) in [6, 6.07) is 7.44. The number of benzene rings is 1. The molecule has 2 N–H and O–H groups in total. The Hall–Kier alpha value is -1.75. The molecule has 2 rings (SSSR count). The van der Waals surface area contributed by atoms with Crippen LogP contribution in [-0.2, 0) is 9.59 Å². The fourth-order valence-electron chi connectivity index (χ4n) is 2.48. The van der Waals surface area contributed by atoms with E-state index in [1.165, 1.54) is 30.2 Å². The van der Waals surface area contributed by atoms with Crippen LogP contribution in [0, 0.1) is 0 Å². The van der Waals surface area contributed by atoms with E-state index in [-0.39, 0.29) is 0 Å². The second kappa shape index (κ2) is 8.63. The summed E-state index contributed by atoms with van der Waals surface area (Å²) in [5.74, 6) is -1.19. The lowest BCUT2D eigenvalue weighted by atomic mass is 9.97. The minimum atomic E-state index is -0.612. The Labute approximate surface area is 135 Å². The number of anilines is 1. The molecule has 0 bridgehead atoms. The van der Waals surface area contributed by atoms with E-state index in [0.29, 0.717) is 12.2 Å². The second-order valence-corrected chi connectivity index (χ2v) is 6.12. The first-order chi connectivity index (χ1) is 10.7. The highest BCUT2D eigenvalue weighted by Crippen LogP contribution is 2.24. The summed E-state index contributed by atoms with van der Waals surface area (Å²) in [5, 5.41) is 5.35. The smallest absolute Gasteiger partial charge is 0.313 e. The number of carbonyl (C=O) groups is 2. The first-order valence-corrected chi connectivity index (χ1v) is 8.83. The highest BCUT2D eigenvalue weighted by molar-refractivity contribution is 7.98. The van der Waals surface area contributed by atoms with E-state index in [4.69, 9.17) is 0 Å². The molecule has 1 aliphatic rings. The van der Waals surface area contributed by atoms with Crippen LogP contribution < -0.4 is 10.6 Å². The Bertz CT molecular complexity index is 570. The summed E-state index contributed by atoms with van der Waals surface area (Å²) in [5.41, 5.74) is 2.06. The number of amides is 2. The summed E-state index contributed by atoms with van der Waals surface area (Å²) in [4.78, 5) is 24.7. The fourth-order valence-corrected chi connectivity index (χ4v) is 3.03. The number of para-hydroxylation sites is 1. The Morgan fingerprint density at radius 3 is 2.73 bits per heavy atom. The zero-order valence-electron chi connectivity index (χ0n) is 12.9. The van der Waals surface area contributed by atoms with Gasteiger partial charge in [0.2, 0.25) is 0 Å². The van der Waals surface area contributed by atoms with E-state index >= 15 is 0 Å². The molecule has 2 amide bonds. The molecule has 5 heteroatoms. The molecule has 0 saturated carbocycles. The normalized spacial score (nSPS) is 14.1. The van der Waals surface area contributed by atoms with Crippen molar-refractivity contribution in [3.63, 3.8) is 0 Å². The summed E-state index contributed by atoms with van der Waals surface area (Å²) in [6.45, 7) is 0.516. The average molecular weight is 318 g/mol. The SMILES string of the molecule is CSc1ccccc1NC(=O)C(=O)NCCC1=CCCCC1. The third-order valence-electron chi connectivity index (χ3n) is 3.68. The van der Waals surface area contributed by atoms with E-state index in [9.17, 15) is 9.59 Å². The molecule has 0 aromatic heterocycles. The van der Waals surface area contributed by atoms with Crippen molar-refractivity contribution in [2.24, 2.45) is 0 Å². The van der Waals surface area contributed by atoms with Crippen molar-refractivity contribution in [1.29, 1.82) is 0 Å². The molecule has 0 heterocycles. The van der Waals surface area contributed by atoms with E-state index in [0.717, 1.165) is 24.2 Å². The predicted molar refractivity (Wildman–Crippen MR) is 91.0 cm³/mol. The number of rotatable bonds is 5. The molecule has 22 heavy (non-hydrogen) atoms. The Morgan fingerprint density at radius 1 is 1.18 bits per heavy atom. The van der Waals surface area contributed by atoms with Gasteiger partial charge in [0.1, 0.15) is 0 Å². The van der Waals surface area contributed by atoms with Gasteiger partial charge in [-0.15, -0.1) is 11.8 Å². The molecule has 4 nitrogen and oxygen atoms in total. The molecule has 0 radical (unpaired) electrons. The van der Waals surface area contributed by atoms with Gasteiger partial charge >= 0.3 is 11.8 Å². The quantitative estimate of drug-likeness (QED) is 0.497. The van der Waals surface area contributed by atoms with Gasteiger partial charge in [-0.25, -0.2) is 0 Å². The van der Waals surface area contributed by atoms with Crippen molar-refractivity contribution in [1.82, 2.24) is 5.32 Å². The van der Waals surface area contributed by atoms with Gasteiger partial charge in [-0.3, -0.25) is 9.59 Å². The lowest BCUT2D eigenvalue weighted by Gasteiger charge is -2.13. The maximum Gasteiger partial charge on any atom is 0.313 e. The van der Waals surface area contributed by atoms with Crippen LogP contribution in [0.1, 0.15) is 32.1 Å². The lowest BCUT2D eigenvalue weighted by Crippen LogP contribution is -2.36. The molecular weight excluding hydrogens is 296 g/mol. The minimum Gasteiger partial charge on any atom is -0.348 e. The molecule has 0 spiro atoms. The van der Waals surface area contributed by atoms with E-state index in [1.807, 2.05) is 24.5 Å². The van der Waals surface area contributed by atoms with Gasteiger partial charge < -0.3 is 10.6 Å². The third-order valence-corrected chi connectivity index (χ3v) is 4.47. The highest BCUT2D eigenvalue weighted by atomic mass is 32.2. The minimum absolute atomic E-state index is 0.516. The number of thioether (sulfide) groups is 1. The summed E-state index contributed by atoms with van der Waals surface area (Å²) >= 11 is 1.53. The number of carbonyl (C=O) groups excluding carboxylic acids is 2. The molecule has 0 aliphatic heterocycles. The second-order valence-electron chi connectivity index (χ2n) is 5.27. The number of hydrogen-bond acceptors (Lipinski definition) is 3. The van der Waals surface area contributed by atoms with Crippen LogP contribution in [0.5, 0.6) is 0 Å². The standard InChI is InChI=1S/C17H22N2O2S/c1-22-15-10-6-5-9-14(15)19-17(21)16(20)18-12-11-13-7-3-2-4-8-13/h5-7,9-10H,2-4,8,11-12H2,1H3,(H,18,20)(H,19,21). The van der Waals surface area contributed by atoms with Crippen LogP contribution in [0.4, 0.5) is 5.69 Å². The van der Waals surface area contributed by atoms with Gasteiger partial charge in [-0.05, 0) is 50.5 Å². The van der Waals surface area contributed by atoms with Gasteiger partial charge in [0.25, 0.3) is 0 Å². The van der Waals surface area contributed by atoms with E-state index in [1.54, 1.807) is 6.07 Å². The molecule has 0 unspecified atom stereocenters. The van der Waals surface area contributed by atoms with Crippen LogP contribution >= 0.6 is 11.8 Å². The highest BCUT2D eigenvalue weighted by Gasteiger charge is 2.15. The maximum absolute atomic E-state index is 11.9. The van der Waals surface area contributed by atoms with Gasteiger partial charge in [-0.2, -0.15) is 0 Å². The van der Waals surface area contributed by atoms with Gasteiger partial charge in [0, 0.05) is 11.4 Å². The molecule has 0 saturated heterocycles. The topological polar surface area (TPSA) is 58.2 Å². The van der Waals surface area contributed by atoms with Crippen LogP contribution in [0.2, 0.25) is 0 Å². The van der Waals surface area contributed by atoms with Crippen molar-refractivity contribution in [3.8, 4) is 0 Å². The third kappa shape index (κ3) is 4.91. The van der Waals surface area contributed by atoms with Gasteiger partial charge in [0.05, 0.1) is 5.69 Å². The van der Waals surface area contributed by atoms with Crippen LogP contribution in [-0.4, -0.2) is 24.6 Å². The Morgan fingerprint density at radius 2 is 2.00 bits per heavy atom. The lowest BCUT2D eigenvalue weighted by molar-refractivity contribution is -0.136. The molecule has 1 aromatic carbocycles. The van der Waals surface area contributed by atoms with Crippen LogP contribution in [0.3, 0.4) is 0 Å². The first kappa shape index (κ1) is 16.6. The molecular formula is C17H22N2O2S. The molecule has 1 aliphatic carbocycles. The zero-order chi connectivity index (χ0) is 15.8. The largest absolute Gasteiger partial charge is 0.348 e. The summed E-state index contributed by atoms with van der Waals surface area (Å²) in [7, 11) is 0. The van der Waals surface area contributed by atoms with Gasteiger partial charge in [-0.1, -0.05) is 23.8 Å². The van der Waals surface area contributed by atoms with Crippen molar-refractivity contribution in [2.45, 2.75) is 37.0 Å². The van der Waals surface area contributed by atoms with E-state index < -0.39 is 11.8 Å². The van der Waals surface area contributed by atoms with Crippen molar-refractivity contribution in [2.75, 3.05) is 18.1 Å². The van der Waals surface area contributed by atoms with E-state index in [2.05, 4.69) is 16.7 Å². The molecule has 1 aromatic rings. The van der Waals surface area contributed by atoms with Crippen LogP contribution in [0.25, 0.3) is 0 Å². The van der Waals surface area contributed by atoms with Crippen molar-refractivity contribution >= 4 is 29.3 Å². The number of nitrogens with one attached hydrogen (secondary N) is 2. The zero-order valence-corrected chi connectivity index (χ0v) is 13.7. The Balaban J connectivity index is 1.79. The van der Waals surface area contributed by atoms with Gasteiger partial charge in [0.15, 0.2) is 0 Å².